The number of piperidine rings is 1. The van der Waals surface area contributed by atoms with E-state index in [2.05, 4.69) is 28.4 Å². The lowest BCUT2D eigenvalue weighted by atomic mass is 9.91. The number of hydrogen-bond acceptors (Lipinski definition) is 4. The Morgan fingerprint density at radius 2 is 1.90 bits per heavy atom. The Morgan fingerprint density at radius 3 is 2.66 bits per heavy atom. The summed E-state index contributed by atoms with van der Waals surface area (Å²) >= 11 is 0. The predicted molar refractivity (Wildman–Crippen MR) is 110 cm³/mol. The van der Waals surface area contributed by atoms with E-state index in [-0.39, 0.29) is 11.9 Å². The molecule has 2 heterocycles. The number of carbonyl (C=O) groups is 1. The van der Waals surface area contributed by atoms with E-state index in [1.807, 2.05) is 18.2 Å². The van der Waals surface area contributed by atoms with Crippen LogP contribution in [0.5, 0.6) is 5.75 Å². The quantitative estimate of drug-likeness (QED) is 0.821. The van der Waals surface area contributed by atoms with Crippen molar-refractivity contribution in [3.8, 4) is 5.75 Å². The van der Waals surface area contributed by atoms with E-state index in [9.17, 15) is 9.90 Å². The van der Waals surface area contributed by atoms with E-state index in [1.54, 1.807) is 12.1 Å². The Balaban J connectivity index is 1.21. The minimum absolute atomic E-state index is 0.172. The third-order valence-corrected chi connectivity index (χ3v) is 6.74. The van der Waals surface area contributed by atoms with Crippen molar-refractivity contribution in [2.45, 2.75) is 38.0 Å². The molecule has 3 atom stereocenters. The average Bonchev–Trinajstić information content (AvgIpc) is 3.29. The van der Waals surface area contributed by atoms with E-state index >= 15 is 0 Å². The maximum Gasteiger partial charge on any atom is 0.253 e. The van der Waals surface area contributed by atoms with Crippen LogP contribution in [-0.4, -0.2) is 41.7 Å². The van der Waals surface area contributed by atoms with Crippen molar-refractivity contribution in [2.24, 2.45) is 11.8 Å². The molecule has 2 aliphatic heterocycles. The van der Waals surface area contributed by atoms with Crippen molar-refractivity contribution in [1.82, 2.24) is 10.2 Å². The fourth-order valence-corrected chi connectivity index (χ4v) is 5.31. The number of fused-ring (bicyclic) bond motifs is 3. The number of carbonyl (C=O) groups excluding carboxylic acids is 1. The molecule has 1 aliphatic carbocycles. The summed E-state index contributed by atoms with van der Waals surface area (Å²) in [5.41, 5.74) is 3.31. The second-order valence-corrected chi connectivity index (χ2v) is 8.68. The minimum atomic E-state index is -1.10. The number of likely N-dealkylation sites (tertiary alicyclic amines) is 1. The fraction of sp³-hybridized carbons (Fsp3) is 0.458. The number of ether oxygens (including phenoxy) is 1. The van der Waals surface area contributed by atoms with E-state index < -0.39 is 6.10 Å². The zero-order valence-corrected chi connectivity index (χ0v) is 16.6. The second-order valence-electron chi connectivity index (χ2n) is 8.68. The van der Waals surface area contributed by atoms with Crippen LogP contribution in [0.25, 0.3) is 0 Å². The highest BCUT2D eigenvalue weighted by atomic mass is 16.5. The molecule has 1 amide bonds. The van der Waals surface area contributed by atoms with Crippen molar-refractivity contribution >= 4 is 5.91 Å². The summed E-state index contributed by atoms with van der Waals surface area (Å²) in [5, 5.41) is 13.6. The topological polar surface area (TPSA) is 61.8 Å². The number of aliphatic hydroxyl groups excluding tert-OH is 1. The lowest BCUT2D eigenvalue weighted by molar-refractivity contribution is -0.131. The SMILES string of the molecule is O=C(NC1C2CCC1CN(Cc1ccc3c(c1)CCO3)C2)C(O)c1ccccc1. The van der Waals surface area contributed by atoms with Crippen LogP contribution in [0, 0.1) is 11.8 Å². The molecular formula is C24H28N2O3. The Hall–Kier alpha value is -2.37. The molecule has 0 radical (unpaired) electrons. The van der Waals surface area contributed by atoms with Gasteiger partial charge in [0.25, 0.3) is 5.91 Å². The van der Waals surface area contributed by atoms with Gasteiger partial charge in [0.2, 0.25) is 0 Å². The van der Waals surface area contributed by atoms with Gasteiger partial charge in [0.05, 0.1) is 6.61 Å². The van der Waals surface area contributed by atoms with Crippen LogP contribution in [0.4, 0.5) is 0 Å². The summed E-state index contributed by atoms with van der Waals surface area (Å²) in [4.78, 5) is 15.1. The van der Waals surface area contributed by atoms with Crippen LogP contribution in [0.3, 0.4) is 0 Å². The number of nitrogens with zero attached hydrogens (tertiary/aromatic N) is 1. The smallest absolute Gasteiger partial charge is 0.253 e. The van der Waals surface area contributed by atoms with Crippen LogP contribution in [0.2, 0.25) is 0 Å². The largest absolute Gasteiger partial charge is 0.493 e. The third kappa shape index (κ3) is 3.77. The molecule has 3 aliphatic rings. The van der Waals surface area contributed by atoms with Gasteiger partial charge in [0, 0.05) is 32.1 Å². The zero-order valence-electron chi connectivity index (χ0n) is 16.6. The summed E-state index contributed by atoms with van der Waals surface area (Å²) in [6.07, 6.45) is 2.20. The predicted octanol–water partition coefficient (Wildman–Crippen LogP) is 2.68. The number of rotatable bonds is 5. The molecule has 2 fully saturated rings. The summed E-state index contributed by atoms with van der Waals surface area (Å²) < 4.78 is 5.62. The standard InChI is InChI=1S/C24H28N2O3/c27-23(17-4-2-1-3-5-17)24(28)25-22-19-7-8-20(22)15-26(14-19)13-16-6-9-21-18(12-16)10-11-29-21/h1-6,9,12,19-20,22-23,27H,7-8,10-11,13-15H2,(H,25,28). The monoisotopic (exact) mass is 392 g/mol. The summed E-state index contributed by atoms with van der Waals surface area (Å²) in [6, 6.07) is 15.9. The number of benzene rings is 2. The van der Waals surface area contributed by atoms with Gasteiger partial charge in [-0.1, -0.05) is 42.5 Å². The molecule has 2 aromatic carbocycles. The minimum Gasteiger partial charge on any atom is -0.493 e. The normalized spacial score (nSPS) is 26.6. The molecule has 2 aromatic rings. The maximum atomic E-state index is 12.6. The highest BCUT2D eigenvalue weighted by Gasteiger charge is 2.43. The van der Waals surface area contributed by atoms with Gasteiger partial charge >= 0.3 is 0 Å². The number of nitrogens with one attached hydrogen (secondary N) is 1. The van der Waals surface area contributed by atoms with Crippen molar-refractivity contribution in [1.29, 1.82) is 0 Å². The molecule has 5 heteroatoms. The Kier molecular flexibility index (Phi) is 5.02. The van der Waals surface area contributed by atoms with Crippen LogP contribution in [-0.2, 0) is 17.8 Å². The van der Waals surface area contributed by atoms with Crippen molar-refractivity contribution in [3.63, 3.8) is 0 Å². The van der Waals surface area contributed by atoms with E-state index in [4.69, 9.17) is 4.74 Å². The van der Waals surface area contributed by atoms with Gasteiger partial charge in [0.1, 0.15) is 5.75 Å². The highest BCUT2D eigenvalue weighted by Crippen LogP contribution is 2.38. The first-order valence-electron chi connectivity index (χ1n) is 10.7. The molecule has 0 spiro atoms. The first-order valence-corrected chi connectivity index (χ1v) is 10.7. The van der Waals surface area contributed by atoms with E-state index in [1.165, 1.54) is 11.1 Å². The first-order chi connectivity index (χ1) is 14.2. The third-order valence-electron chi connectivity index (χ3n) is 6.74. The van der Waals surface area contributed by atoms with E-state index in [0.717, 1.165) is 51.3 Å². The van der Waals surface area contributed by atoms with Crippen LogP contribution < -0.4 is 10.1 Å². The fourth-order valence-electron chi connectivity index (χ4n) is 5.31. The molecule has 29 heavy (non-hydrogen) atoms. The highest BCUT2D eigenvalue weighted by molar-refractivity contribution is 5.82. The van der Waals surface area contributed by atoms with Crippen LogP contribution in [0.15, 0.2) is 48.5 Å². The Morgan fingerprint density at radius 1 is 1.14 bits per heavy atom. The molecule has 152 valence electrons. The molecular weight excluding hydrogens is 364 g/mol. The molecule has 0 aromatic heterocycles. The average molecular weight is 392 g/mol. The molecule has 3 unspecified atom stereocenters. The zero-order chi connectivity index (χ0) is 19.8. The molecule has 5 rings (SSSR count). The van der Waals surface area contributed by atoms with Gasteiger partial charge < -0.3 is 15.2 Å². The second kappa shape index (κ2) is 7.81. The Labute approximate surface area is 171 Å². The lowest BCUT2D eigenvalue weighted by Gasteiger charge is -2.38. The number of hydrogen-bond donors (Lipinski definition) is 2. The molecule has 5 nitrogen and oxygen atoms in total. The van der Waals surface area contributed by atoms with Crippen LogP contribution in [0.1, 0.15) is 35.6 Å². The van der Waals surface area contributed by atoms with Crippen molar-refractivity contribution in [2.75, 3.05) is 19.7 Å². The molecule has 2 N–H and O–H groups in total. The Bertz CT molecular complexity index is 871. The molecule has 1 saturated heterocycles. The van der Waals surface area contributed by atoms with Gasteiger partial charge in [-0.05, 0) is 47.4 Å². The van der Waals surface area contributed by atoms with Crippen LogP contribution >= 0.6 is 0 Å². The van der Waals surface area contributed by atoms with Gasteiger partial charge in [-0.15, -0.1) is 0 Å². The summed E-state index contributed by atoms with van der Waals surface area (Å²) in [6.45, 7) is 3.74. The summed E-state index contributed by atoms with van der Waals surface area (Å²) in [5.74, 6) is 1.68. The number of aliphatic hydroxyl groups is 1. The number of amides is 1. The maximum absolute atomic E-state index is 12.6. The summed E-state index contributed by atoms with van der Waals surface area (Å²) in [7, 11) is 0. The first kappa shape index (κ1) is 18.6. The van der Waals surface area contributed by atoms with Gasteiger partial charge in [-0.2, -0.15) is 0 Å². The lowest BCUT2D eigenvalue weighted by Crippen LogP contribution is -2.53. The van der Waals surface area contributed by atoms with Gasteiger partial charge in [-0.3, -0.25) is 9.69 Å². The van der Waals surface area contributed by atoms with Gasteiger partial charge in [0.15, 0.2) is 6.10 Å². The van der Waals surface area contributed by atoms with Crippen molar-refractivity contribution in [3.05, 3.63) is 65.2 Å². The van der Waals surface area contributed by atoms with E-state index in [0.29, 0.717) is 17.4 Å². The van der Waals surface area contributed by atoms with Gasteiger partial charge in [-0.25, -0.2) is 0 Å². The van der Waals surface area contributed by atoms with Crippen molar-refractivity contribution < 1.29 is 14.6 Å². The molecule has 2 bridgehead atoms. The molecule has 1 saturated carbocycles.